The second kappa shape index (κ2) is 4.90. The van der Waals surface area contributed by atoms with Gasteiger partial charge >= 0.3 is 11.9 Å². The highest BCUT2D eigenvalue weighted by Gasteiger charge is 2.25. The number of carbonyl (C=O) groups excluding carboxylic acids is 1. The van der Waals surface area contributed by atoms with Crippen LogP contribution in [-0.2, 0) is 14.3 Å². The van der Waals surface area contributed by atoms with Crippen LogP contribution in [0.5, 0.6) is 0 Å². The fourth-order valence-electron chi connectivity index (χ4n) is 0.973. The monoisotopic (exact) mass is 217 g/mol. The van der Waals surface area contributed by atoms with Gasteiger partial charge in [0.2, 0.25) is 0 Å². The lowest BCUT2D eigenvalue weighted by atomic mass is 10.3. The maximum Gasteiger partial charge on any atom is 0.352 e. The standard InChI is InChI=1S/C8H11NO4S/c1-2-13-8(12)6-4-14-3-5(9-6)7(10)11/h3,6,9H,2,4H2,1H3,(H,10,11)/t6-/m1/s1. The summed E-state index contributed by atoms with van der Waals surface area (Å²) in [5, 5.41) is 12.8. The van der Waals surface area contributed by atoms with Crippen molar-refractivity contribution in [3.05, 3.63) is 11.1 Å². The molecule has 1 rings (SSSR count). The van der Waals surface area contributed by atoms with Crippen molar-refractivity contribution in [1.82, 2.24) is 5.32 Å². The van der Waals surface area contributed by atoms with E-state index in [1.54, 1.807) is 6.92 Å². The molecule has 0 aromatic heterocycles. The number of hydrogen-bond donors (Lipinski definition) is 2. The molecule has 0 spiro atoms. The number of thioether (sulfide) groups is 1. The number of esters is 1. The van der Waals surface area contributed by atoms with Crippen molar-refractivity contribution in [1.29, 1.82) is 0 Å². The first kappa shape index (κ1) is 10.9. The van der Waals surface area contributed by atoms with Crippen LogP contribution in [0.3, 0.4) is 0 Å². The molecule has 0 saturated heterocycles. The molecule has 0 saturated carbocycles. The van der Waals surface area contributed by atoms with E-state index in [1.807, 2.05) is 0 Å². The molecule has 0 radical (unpaired) electrons. The molecule has 1 atom stereocenters. The number of carbonyl (C=O) groups is 2. The van der Waals surface area contributed by atoms with E-state index in [0.29, 0.717) is 12.4 Å². The molecular weight excluding hydrogens is 206 g/mol. The molecule has 1 heterocycles. The maximum absolute atomic E-state index is 11.2. The van der Waals surface area contributed by atoms with Crippen LogP contribution < -0.4 is 5.32 Å². The minimum atomic E-state index is -1.06. The summed E-state index contributed by atoms with van der Waals surface area (Å²) in [6.45, 7) is 2.01. The molecule has 0 aromatic rings. The molecule has 14 heavy (non-hydrogen) atoms. The van der Waals surface area contributed by atoms with E-state index in [4.69, 9.17) is 9.84 Å². The van der Waals surface area contributed by atoms with E-state index in [1.165, 1.54) is 17.2 Å². The van der Waals surface area contributed by atoms with Gasteiger partial charge in [-0.3, -0.25) is 0 Å². The van der Waals surface area contributed by atoms with E-state index in [-0.39, 0.29) is 5.70 Å². The van der Waals surface area contributed by atoms with Crippen LogP contribution in [0.15, 0.2) is 11.1 Å². The van der Waals surface area contributed by atoms with Gasteiger partial charge in [0.1, 0.15) is 11.7 Å². The molecule has 0 fully saturated rings. The van der Waals surface area contributed by atoms with Gasteiger partial charge in [0.15, 0.2) is 0 Å². The lowest BCUT2D eigenvalue weighted by Crippen LogP contribution is -2.43. The number of hydrogen-bond acceptors (Lipinski definition) is 5. The molecule has 6 heteroatoms. The molecule has 0 unspecified atom stereocenters. The predicted molar refractivity (Wildman–Crippen MR) is 51.7 cm³/mol. The van der Waals surface area contributed by atoms with Crippen LogP contribution in [0.1, 0.15) is 6.92 Å². The zero-order valence-electron chi connectivity index (χ0n) is 7.65. The number of carboxylic acids is 1. The van der Waals surface area contributed by atoms with Crippen LogP contribution in [0.2, 0.25) is 0 Å². The summed E-state index contributed by atoms with van der Waals surface area (Å²) in [6, 6.07) is -0.559. The van der Waals surface area contributed by atoms with Crippen LogP contribution in [0.25, 0.3) is 0 Å². The summed E-state index contributed by atoms with van der Waals surface area (Å²) >= 11 is 1.29. The number of aliphatic carboxylic acids is 1. The zero-order chi connectivity index (χ0) is 10.6. The Morgan fingerprint density at radius 2 is 2.50 bits per heavy atom. The minimum Gasteiger partial charge on any atom is -0.477 e. The van der Waals surface area contributed by atoms with Gasteiger partial charge in [0, 0.05) is 11.2 Å². The van der Waals surface area contributed by atoms with Crippen LogP contribution in [0, 0.1) is 0 Å². The molecule has 0 aliphatic carbocycles. The van der Waals surface area contributed by atoms with Gasteiger partial charge in [0.05, 0.1) is 6.61 Å². The van der Waals surface area contributed by atoms with Crippen molar-refractivity contribution in [2.45, 2.75) is 13.0 Å². The highest BCUT2D eigenvalue weighted by Crippen LogP contribution is 2.15. The number of carboxylic acid groups (broad SMARTS) is 1. The lowest BCUT2D eigenvalue weighted by molar-refractivity contribution is -0.144. The number of rotatable bonds is 3. The van der Waals surface area contributed by atoms with Gasteiger partial charge in [-0.2, -0.15) is 0 Å². The third kappa shape index (κ3) is 2.66. The van der Waals surface area contributed by atoms with Crippen LogP contribution >= 0.6 is 11.8 Å². The van der Waals surface area contributed by atoms with Crippen molar-refractivity contribution < 1.29 is 19.4 Å². The highest BCUT2D eigenvalue weighted by atomic mass is 32.2. The van der Waals surface area contributed by atoms with Crippen molar-refractivity contribution in [3.8, 4) is 0 Å². The molecule has 1 aliphatic rings. The molecule has 2 N–H and O–H groups in total. The molecule has 1 aliphatic heterocycles. The molecule has 0 bridgehead atoms. The van der Waals surface area contributed by atoms with E-state index < -0.39 is 18.0 Å². The van der Waals surface area contributed by atoms with E-state index in [9.17, 15) is 9.59 Å². The Balaban J connectivity index is 2.56. The minimum absolute atomic E-state index is 0.0410. The Labute approximate surface area is 85.5 Å². The SMILES string of the molecule is CCOC(=O)[C@H]1CSC=C(C(=O)O)N1. The predicted octanol–water partition coefficient (Wildman–Crippen LogP) is 0.180. The normalized spacial score (nSPS) is 20.6. The van der Waals surface area contributed by atoms with Gasteiger partial charge in [-0.05, 0) is 6.92 Å². The molecule has 5 nitrogen and oxygen atoms in total. The summed E-state index contributed by atoms with van der Waals surface area (Å²) in [5.41, 5.74) is 0.0410. The van der Waals surface area contributed by atoms with Crippen molar-refractivity contribution >= 4 is 23.7 Å². The Morgan fingerprint density at radius 1 is 1.79 bits per heavy atom. The highest BCUT2D eigenvalue weighted by molar-refractivity contribution is 8.02. The Hall–Kier alpha value is -1.17. The Kier molecular flexibility index (Phi) is 3.82. The van der Waals surface area contributed by atoms with Gasteiger partial charge in [-0.25, -0.2) is 9.59 Å². The second-order valence-corrected chi connectivity index (χ2v) is 3.52. The third-order valence-corrected chi connectivity index (χ3v) is 2.52. The van der Waals surface area contributed by atoms with E-state index in [0.717, 1.165) is 0 Å². The fraction of sp³-hybridized carbons (Fsp3) is 0.500. The lowest BCUT2D eigenvalue weighted by Gasteiger charge is -2.21. The molecular formula is C8H11NO4S. The first-order chi connectivity index (χ1) is 6.65. The summed E-state index contributed by atoms with van der Waals surface area (Å²) in [6.07, 6.45) is 0. The summed E-state index contributed by atoms with van der Waals surface area (Å²) < 4.78 is 4.77. The van der Waals surface area contributed by atoms with Crippen molar-refractivity contribution in [3.63, 3.8) is 0 Å². The first-order valence-corrected chi connectivity index (χ1v) is 5.18. The maximum atomic E-state index is 11.2. The van der Waals surface area contributed by atoms with E-state index >= 15 is 0 Å². The van der Waals surface area contributed by atoms with Crippen LogP contribution in [0.4, 0.5) is 0 Å². The van der Waals surface area contributed by atoms with Gasteiger partial charge in [-0.1, -0.05) is 0 Å². The summed E-state index contributed by atoms with van der Waals surface area (Å²) in [4.78, 5) is 21.8. The number of nitrogens with one attached hydrogen (secondary N) is 1. The second-order valence-electron chi connectivity index (χ2n) is 2.62. The topological polar surface area (TPSA) is 75.6 Å². The molecule has 0 aromatic carbocycles. The van der Waals surface area contributed by atoms with Gasteiger partial charge < -0.3 is 15.2 Å². The smallest absolute Gasteiger partial charge is 0.352 e. The Bertz CT molecular complexity index is 277. The van der Waals surface area contributed by atoms with E-state index in [2.05, 4.69) is 5.32 Å². The van der Waals surface area contributed by atoms with Crippen molar-refractivity contribution in [2.24, 2.45) is 0 Å². The average molecular weight is 217 g/mol. The fourth-order valence-corrected chi connectivity index (χ4v) is 1.82. The van der Waals surface area contributed by atoms with Crippen LogP contribution in [-0.4, -0.2) is 35.4 Å². The molecule has 0 amide bonds. The summed E-state index contributed by atoms with van der Waals surface area (Å²) in [7, 11) is 0. The molecule has 78 valence electrons. The third-order valence-electron chi connectivity index (χ3n) is 1.60. The quantitative estimate of drug-likeness (QED) is 0.657. The van der Waals surface area contributed by atoms with Gasteiger partial charge in [0.25, 0.3) is 0 Å². The summed E-state index contributed by atoms with van der Waals surface area (Å²) in [5.74, 6) is -0.978. The van der Waals surface area contributed by atoms with Gasteiger partial charge in [-0.15, -0.1) is 11.8 Å². The number of ether oxygens (including phenoxy) is 1. The zero-order valence-corrected chi connectivity index (χ0v) is 8.47. The van der Waals surface area contributed by atoms with Crippen molar-refractivity contribution in [2.75, 3.05) is 12.4 Å². The average Bonchev–Trinajstić information content (AvgIpc) is 2.18. The first-order valence-electron chi connectivity index (χ1n) is 4.13. The Morgan fingerprint density at radius 3 is 3.07 bits per heavy atom. The largest absolute Gasteiger partial charge is 0.477 e.